The quantitative estimate of drug-likeness (QED) is 0.880. The van der Waals surface area contributed by atoms with Gasteiger partial charge in [-0.25, -0.2) is 0 Å². The Labute approximate surface area is 128 Å². The molecule has 0 spiro atoms. The molecular weight excluding hydrogens is 321 g/mol. The van der Waals surface area contributed by atoms with Gasteiger partial charge in [-0.05, 0) is 13.0 Å². The Balaban J connectivity index is 1.88. The van der Waals surface area contributed by atoms with Gasteiger partial charge in [0.05, 0.1) is 23.7 Å². The van der Waals surface area contributed by atoms with Crippen molar-refractivity contribution in [1.29, 1.82) is 0 Å². The van der Waals surface area contributed by atoms with Crippen molar-refractivity contribution in [2.24, 2.45) is 4.99 Å². The number of hydrogen-bond donors (Lipinski definition) is 2. The summed E-state index contributed by atoms with van der Waals surface area (Å²) in [5.74, 6) is 0.898. The Morgan fingerprint density at radius 1 is 1.45 bits per heavy atom. The lowest BCUT2D eigenvalue weighted by molar-refractivity contribution is -0.137. The number of nitrogens with one attached hydrogen (secondary N) is 2. The molecule has 0 aromatic carbocycles. The summed E-state index contributed by atoms with van der Waals surface area (Å²) >= 11 is 5.85. The van der Waals surface area contributed by atoms with Gasteiger partial charge in [-0.3, -0.25) is 9.39 Å². The van der Waals surface area contributed by atoms with Gasteiger partial charge in [-0.2, -0.15) is 13.2 Å². The number of fused-ring (bicyclic) bond motifs is 1. The number of nitrogens with zero attached hydrogens (tertiary/aromatic N) is 4. The van der Waals surface area contributed by atoms with Gasteiger partial charge in [-0.1, -0.05) is 11.6 Å². The molecule has 6 nitrogen and oxygen atoms in total. The second-order valence-electron chi connectivity index (χ2n) is 4.97. The Morgan fingerprint density at radius 3 is 2.86 bits per heavy atom. The Hall–Kier alpha value is -2.03. The fraction of sp³-hybridized carbons (Fsp3) is 0.417. The van der Waals surface area contributed by atoms with Crippen LogP contribution >= 0.6 is 11.6 Å². The van der Waals surface area contributed by atoms with E-state index in [1.807, 2.05) is 6.92 Å². The molecule has 0 saturated carbocycles. The van der Waals surface area contributed by atoms with Crippen molar-refractivity contribution in [3.05, 3.63) is 28.7 Å². The standard InChI is InChI=1S/C12H12ClF3N6/c1-6-3-17-11(19-6)18-4-9-20-21-10-8(13)2-7(5-22(9)10)12(14,15)16/h2,5-6H,3-4H2,1H3,(H2,17,18,19). The normalized spacial score (nSPS) is 18.4. The summed E-state index contributed by atoms with van der Waals surface area (Å²) in [5.41, 5.74) is -0.669. The third kappa shape index (κ3) is 2.80. The van der Waals surface area contributed by atoms with Crippen LogP contribution in [0.2, 0.25) is 5.02 Å². The smallest absolute Gasteiger partial charge is 0.352 e. The number of alkyl halides is 3. The van der Waals surface area contributed by atoms with E-state index in [1.165, 1.54) is 4.40 Å². The summed E-state index contributed by atoms with van der Waals surface area (Å²) in [6.45, 7) is 2.80. The maximum atomic E-state index is 12.9. The first kappa shape index (κ1) is 14.9. The number of halogens is 4. The fourth-order valence-electron chi connectivity index (χ4n) is 2.10. The van der Waals surface area contributed by atoms with E-state index in [0.29, 0.717) is 18.3 Å². The highest BCUT2D eigenvalue weighted by atomic mass is 35.5. The molecule has 2 N–H and O–H groups in total. The highest BCUT2D eigenvalue weighted by molar-refractivity contribution is 6.33. The highest BCUT2D eigenvalue weighted by Crippen LogP contribution is 2.32. The minimum atomic E-state index is -4.49. The average Bonchev–Trinajstić information content (AvgIpc) is 3.02. The maximum absolute atomic E-state index is 12.9. The SMILES string of the molecule is CC1CN=C(NCc2nnc3c(Cl)cc(C(F)(F)F)cn23)N1. The summed E-state index contributed by atoms with van der Waals surface area (Å²) in [6.07, 6.45) is -3.55. The van der Waals surface area contributed by atoms with Crippen LogP contribution in [0.3, 0.4) is 0 Å². The predicted octanol–water partition coefficient (Wildman–Crippen LogP) is 1.84. The van der Waals surface area contributed by atoms with Crippen LogP contribution in [0, 0.1) is 0 Å². The number of aliphatic imine (C=N–C) groups is 1. The monoisotopic (exact) mass is 332 g/mol. The van der Waals surface area contributed by atoms with E-state index in [9.17, 15) is 13.2 Å². The van der Waals surface area contributed by atoms with Gasteiger partial charge in [0, 0.05) is 12.2 Å². The fourth-order valence-corrected chi connectivity index (χ4v) is 2.34. The zero-order chi connectivity index (χ0) is 15.9. The van der Waals surface area contributed by atoms with E-state index in [-0.39, 0.29) is 23.3 Å². The minimum absolute atomic E-state index is 0.0986. The molecule has 0 fully saturated rings. The van der Waals surface area contributed by atoms with Crippen molar-refractivity contribution in [2.75, 3.05) is 6.54 Å². The molecule has 0 aliphatic carbocycles. The molecule has 3 rings (SSSR count). The average molecular weight is 333 g/mol. The van der Waals surface area contributed by atoms with E-state index < -0.39 is 11.7 Å². The number of aromatic nitrogens is 3. The zero-order valence-electron chi connectivity index (χ0n) is 11.4. The lowest BCUT2D eigenvalue weighted by Crippen LogP contribution is -2.37. The van der Waals surface area contributed by atoms with Crippen molar-refractivity contribution >= 4 is 23.2 Å². The third-order valence-electron chi connectivity index (χ3n) is 3.18. The summed E-state index contributed by atoms with van der Waals surface area (Å²) in [7, 11) is 0. The van der Waals surface area contributed by atoms with E-state index >= 15 is 0 Å². The van der Waals surface area contributed by atoms with Crippen LogP contribution in [-0.2, 0) is 12.7 Å². The highest BCUT2D eigenvalue weighted by Gasteiger charge is 2.32. The first-order chi connectivity index (χ1) is 10.3. The molecule has 3 heterocycles. The van der Waals surface area contributed by atoms with Gasteiger partial charge in [0.1, 0.15) is 0 Å². The van der Waals surface area contributed by atoms with Crippen LogP contribution < -0.4 is 10.6 Å². The molecule has 22 heavy (non-hydrogen) atoms. The molecule has 118 valence electrons. The van der Waals surface area contributed by atoms with Gasteiger partial charge in [0.15, 0.2) is 17.4 Å². The Morgan fingerprint density at radius 2 is 2.23 bits per heavy atom. The minimum Gasteiger partial charge on any atom is -0.352 e. The number of guanidine groups is 1. The maximum Gasteiger partial charge on any atom is 0.417 e. The van der Waals surface area contributed by atoms with Gasteiger partial charge in [0.25, 0.3) is 0 Å². The largest absolute Gasteiger partial charge is 0.417 e. The molecule has 1 aliphatic rings. The van der Waals surface area contributed by atoms with Crippen molar-refractivity contribution in [2.45, 2.75) is 25.7 Å². The molecule has 10 heteroatoms. The molecule has 2 aromatic heterocycles. The van der Waals surface area contributed by atoms with E-state index in [0.717, 1.165) is 12.3 Å². The topological polar surface area (TPSA) is 66.6 Å². The van der Waals surface area contributed by atoms with Crippen LogP contribution in [0.25, 0.3) is 5.65 Å². The van der Waals surface area contributed by atoms with Crippen molar-refractivity contribution < 1.29 is 13.2 Å². The number of hydrogen-bond acceptors (Lipinski definition) is 5. The second-order valence-corrected chi connectivity index (χ2v) is 5.38. The van der Waals surface area contributed by atoms with Gasteiger partial charge < -0.3 is 10.6 Å². The Bertz CT molecular complexity index is 738. The van der Waals surface area contributed by atoms with Crippen LogP contribution in [0.15, 0.2) is 17.3 Å². The van der Waals surface area contributed by atoms with Gasteiger partial charge >= 0.3 is 6.18 Å². The molecular formula is C12H12ClF3N6. The molecule has 1 unspecified atom stereocenters. The lowest BCUT2D eigenvalue weighted by Gasteiger charge is -2.10. The van der Waals surface area contributed by atoms with E-state index in [1.54, 1.807) is 0 Å². The van der Waals surface area contributed by atoms with Gasteiger partial charge in [0.2, 0.25) is 0 Å². The molecule has 0 saturated heterocycles. The second kappa shape index (κ2) is 5.31. The van der Waals surface area contributed by atoms with E-state index in [4.69, 9.17) is 11.6 Å². The first-order valence-electron chi connectivity index (χ1n) is 6.50. The summed E-state index contributed by atoms with van der Waals surface area (Å²) in [6, 6.07) is 1.07. The van der Waals surface area contributed by atoms with Crippen molar-refractivity contribution in [1.82, 2.24) is 25.2 Å². The first-order valence-corrected chi connectivity index (χ1v) is 6.87. The summed E-state index contributed by atoms with van der Waals surface area (Å²) < 4.78 is 39.8. The number of pyridine rings is 1. The molecule has 1 atom stereocenters. The third-order valence-corrected chi connectivity index (χ3v) is 3.46. The molecule has 0 radical (unpaired) electrons. The molecule has 0 amide bonds. The van der Waals surface area contributed by atoms with Crippen LogP contribution in [-0.4, -0.2) is 33.1 Å². The van der Waals surface area contributed by atoms with Crippen LogP contribution in [0.1, 0.15) is 18.3 Å². The summed E-state index contributed by atoms with van der Waals surface area (Å²) in [4.78, 5) is 4.20. The molecule has 0 bridgehead atoms. The van der Waals surface area contributed by atoms with E-state index in [2.05, 4.69) is 25.8 Å². The van der Waals surface area contributed by atoms with Crippen molar-refractivity contribution in [3.8, 4) is 0 Å². The predicted molar refractivity (Wildman–Crippen MR) is 74.7 cm³/mol. The van der Waals surface area contributed by atoms with Crippen LogP contribution in [0.4, 0.5) is 13.2 Å². The molecule has 2 aromatic rings. The summed E-state index contributed by atoms with van der Waals surface area (Å²) in [5, 5.41) is 13.7. The van der Waals surface area contributed by atoms with Crippen LogP contribution in [0.5, 0.6) is 0 Å². The number of rotatable bonds is 2. The van der Waals surface area contributed by atoms with Gasteiger partial charge in [-0.15, -0.1) is 10.2 Å². The Kier molecular flexibility index (Phi) is 3.59. The zero-order valence-corrected chi connectivity index (χ0v) is 12.2. The lowest BCUT2D eigenvalue weighted by atomic mass is 10.3. The molecule has 1 aliphatic heterocycles. The van der Waals surface area contributed by atoms with Crippen molar-refractivity contribution in [3.63, 3.8) is 0 Å².